The van der Waals surface area contributed by atoms with Gasteiger partial charge in [0.2, 0.25) is 0 Å². The lowest BCUT2D eigenvalue weighted by atomic mass is 10.1. The lowest BCUT2D eigenvalue weighted by molar-refractivity contribution is -0.138. The summed E-state index contributed by atoms with van der Waals surface area (Å²) in [5.41, 5.74) is -2.62. The minimum absolute atomic E-state index is 0.165. The minimum Gasteiger partial charge on any atom is -0.504 e. The molecule has 0 aliphatic heterocycles. The zero-order chi connectivity index (χ0) is 11.8. The van der Waals surface area contributed by atoms with Gasteiger partial charge in [0.25, 0.3) is 0 Å². The van der Waals surface area contributed by atoms with Gasteiger partial charge in [0.1, 0.15) is 0 Å². The second-order valence-corrected chi connectivity index (χ2v) is 2.69. The van der Waals surface area contributed by atoms with Crippen LogP contribution in [0, 0.1) is 0 Å². The van der Waals surface area contributed by atoms with E-state index < -0.39 is 34.8 Å². The van der Waals surface area contributed by atoms with Gasteiger partial charge in [-0.1, -0.05) is 0 Å². The van der Waals surface area contributed by atoms with Gasteiger partial charge in [-0.3, -0.25) is 0 Å². The number of carbonyl (C=O) groups is 1. The summed E-state index contributed by atoms with van der Waals surface area (Å²) in [6, 6.07) is 0.513. The molecule has 0 bridgehead atoms. The maximum atomic E-state index is 12.3. The molecule has 0 saturated heterocycles. The number of hydrogen-bond acceptors (Lipinski definition) is 3. The summed E-state index contributed by atoms with van der Waals surface area (Å²) < 4.78 is 36.8. The number of aromatic hydroxyl groups is 2. The number of aromatic carboxylic acids is 1. The Balaban J connectivity index is 3.49. The van der Waals surface area contributed by atoms with Crippen LogP contribution in [0.4, 0.5) is 13.2 Å². The highest BCUT2D eigenvalue weighted by Gasteiger charge is 2.36. The third-order valence-electron chi connectivity index (χ3n) is 1.65. The molecule has 1 aromatic carbocycles. The average molecular weight is 222 g/mol. The number of hydrogen-bond donors (Lipinski definition) is 3. The molecule has 0 aliphatic rings. The highest BCUT2D eigenvalue weighted by molar-refractivity contribution is 5.90. The summed E-state index contributed by atoms with van der Waals surface area (Å²) in [5.74, 6) is -3.77. The first-order valence-electron chi connectivity index (χ1n) is 3.60. The maximum absolute atomic E-state index is 12.3. The van der Waals surface area contributed by atoms with Crippen LogP contribution in [0.15, 0.2) is 12.1 Å². The zero-order valence-electron chi connectivity index (χ0n) is 7.04. The molecule has 82 valence electrons. The lowest BCUT2D eigenvalue weighted by Crippen LogP contribution is -2.12. The van der Waals surface area contributed by atoms with Crippen LogP contribution in [0.1, 0.15) is 15.9 Å². The van der Waals surface area contributed by atoms with Crippen molar-refractivity contribution in [2.75, 3.05) is 0 Å². The fourth-order valence-electron chi connectivity index (χ4n) is 0.988. The number of phenolic OH excluding ortho intramolecular Hbond substituents is 2. The van der Waals surface area contributed by atoms with Crippen molar-refractivity contribution in [2.24, 2.45) is 0 Å². The Bertz CT molecular complexity index is 411. The fraction of sp³-hybridized carbons (Fsp3) is 0.125. The van der Waals surface area contributed by atoms with E-state index >= 15 is 0 Å². The third kappa shape index (κ3) is 2.12. The number of carboxylic acids is 1. The van der Waals surface area contributed by atoms with E-state index in [1.807, 2.05) is 0 Å². The Morgan fingerprint density at radius 3 is 2.00 bits per heavy atom. The van der Waals surface area contributed by atoms with Crippen molar-refractivity contribution in [3.05, 3.63) is 23.3 Å². The molecular formula is C8H5F3O4. The third-order valence-corrected chi connectivity index (χ3v) is 1.65. The smallest absolute Gasteiger partial charge is 0.417 e. The molecule has 0 spiro atoms. The van der Waals surface area contributed by atoms with Crippen molar-refractivity contribution in [3.8, 4) is 11.5 Å². The molecule has 3 N–H and O–H groups in total. The van der Waals surface area contributed by atoms with Crippen molar-refractivity contribution in [2.45, 2.75) is 6.18 Å². The Kier molecular flexibility index (Phi) is 2.48. The zero-order valence-corrected chi connectivity index (χ0v) is 7.04. The largest absolute Gasteiger partial charge is 0.504 e. The molecule has 15 heavy (non-hydrogen) atoms. The number of benzene rings is 1. The van der Waals surface area contributed by atoms with Crippen LogP contribution in [0.5, 0.6) is 11.5 Å². The van der Waals surface area contributed by atoms with Crippen molar-refractivity contribution in [1.82, 2.24) is 0 Å². The van der Waals surface area contributed by atoms with E-state index in [4.69, 9.17) is 15.3 Å². The minimum atomic E-state index is -4.90. The molecule has 0 aromatic heterocycles. The normalized spacial score (nSPS) is 11.4. The number of phenols is 2. The van der Waals surface area contributed by atoms with Gasteiger partial charge in [0.05, 0.1) is 11.1 Å². The molecule has 0 unspecified atom stereocenters. The molecule has 0 aliphatic carbocycles. The predicted octanol–water partition coefficient (Wildman–Crippen LogP) is 1.81. The highest BCUT2D eigenvalue weighted by Crippen LogP contribution is 2.37. The van der Waals surface area contributed by atoms with E-state index in [0.29, 0.717) is 6.07 Å². The Hall–Kier alpha value is -1.92. The molecule has 0 atom stereocenters. The number of rotatable bonds is 1. The summed E-state index contributed by atoms with van der Waals surface area (Å²) in [4.78, 5) is 10.4. The first kappa shape index (κ1) is 11.2. The summed E-state index contributed by atoms with van der Waals surface area (Å²) in [6.45, 7) is 0. The molecule has 0 fully saturated rings. The second-order valence-electron chi connectivity index (χ2n) is 2.69. The van der Waals surface area contributed by atoms with Crippen LogP contribution in [0.3, 0.4) is 0 Å². The van der Waals surface area contributed by atoms with Crippen LogP contribution in [-0.4, -0.2) is 21.3 Å². The van der Waals surface area contributed by atoms with Gasteiger partial charge in [-0.05, 0) is 12.1 Å². The quantitative estimate of drug-likeness (QED) is 0.633. The molecular weight excluding hydrogens is 217 g/mol. The van der Waals surface area contributed by atoms with Crippen molar-refractivity contribution in [3.63, 3.8) is 0 Å². The SMILES string of the molecule is O=C(O)c1cc(O)c(O)cc1C(F)(F)F. The fourth-order valence-corrected chi connectivity index (χ4v) is 0.988. The van der Waals surface area contributed by atoms with E-state index in [9.17, 15) is 18.0 Å². The molecule has 1 rings (SSSR count). The van der Waals surface area contributed by atoms with Crippen molar-refractivity contribution >= 4 is 5.97 Å². The van der Waals surface area contributed by atoms with Gasteiger partial charge < -0.3 is 15.3 Å². The first-order valence-corrected chi connectivity index (χ1v) is 3.60. The van der Waals surface area contributed by atoms with Crippen molar-refractivity contribution < 1.29 is 33.3 Å². The molecule has 7 heteroatoms. The average Bonchev–Trinajstić information content (AvgIpc) is 2.06. The second kappa shape index (κ2) is 3.34. The van der Waals surface area contributed by atoms with Crippen LogP contribution < -0.4 is 0 Å². The monoisotopic (exact) mass is 222 g/mol. The molecule has 1 aromatic rings. The summed E-state index contributed by atoms with van der Waals surface area (Å²) in [6.07, 6.45) is -4.90. The van der Waals surface area contributed by atoms with Crippen LogP contribution in [0.2, 0.25) is 0 Å². The highest BCUT2D eigenvalue weighted by atomic mass is 19.4. The van der Waals surface area contributed by atoms with E-state index in [2.05, 4.69) is 0 Å². The Morgan fingerprint density at radius 2 is 1.60 bits per heavy atom. The summed E-state index contributed by atoms with van der Waals surface area (Å²) in [5, 5.41) is 26.1. The van der Waals surface area contributed by atoms with E-state index in [1.54, 1.807) is 0 Å². The molecule has 0 radical (unpaired) electrons. The topological polar surface area (TPSA) is 77.8 Å². The van der Waals surface area contributed by atoms with Gasteiger partial charge in [0, 0.05) is 0 Å². The summed E-state index contributed by atoms with van der Waals surface area (Å²) in [7, 11) is 0. The predicted molar refractivity (Wildman–Crippen MR) is 41.7 cm³/mol. The Morgan fingerprint density at radius 1 is 1.13 bits per heavy atom. The Labute approximate surface area is 81.2 Å². The molecule has 0 amide bonds. The number of carboxylic acid groups (broad SMARTS) is 1. The van der Waals surface area contributed by atoms with E-state index in [1.165, 1.54) is 0 Å². The maximum Gasteiger partial charge on any atom is 0.417 e. The van der Waals surface area contributed by atoms with E-state index in [0.717, 1.165) is 0 Å². The van der Waals surface area contributed by atoms with Gasteiger partial charge in [-0.25, -0.2) is 4.79 Å². The van der Waals surface area contributed by atoms with Crippen molar-refractivity contribution in [1.29, 1.82) is 0 Å². The standard InChI is InChI=1S/C8H5F3O4/c9-8(10,11)4-2-6(13)5(12)1-3(4)7(14)15/h1-2,12-13H,(H,14,15). The van der Waals surface area contributed by atoms with Gasteiger partial charge in [0.15, 0.2) is 11.5 Å². The first-order chi connectivity index (χ1) is 6.73. The van der Waals surface area contributed by atoms with E-state index in [-0.39, 0.29) is 6.07 Å². The van der Waals surface area contributed by atoms with Crippen LogP contribution in [-0.2, 0) is 6.18 Å². The lowest BCUT2D eigenvalue weighted by Gasteiger charge is -2.11. The van der Waals surface area contributed by atoms with Gasteiger partial charge in [-0.2, -0.15) is 13.2 Å². The van der Waals surface area contributed by atoms with Gasteiger partial charge in [-0.15, -0.1) is 0 Å². The molecule has 0 heterocycles. The van der Waals surface area contributed by atoms with Crippen LogP contribution >= 0.6 is 0 Å². The number of alkyl halides is 3. The summed E-state index contributed by atoms with van der Waals surface area (Å²) >= 11 is 0. The van der Waals surface area contributed by atoms with Gasteiger partial charge >= 0.3 is 12.1 Å². The van der Waals surface area contributed by atoms with Crippen LogP contribution in [0.25, 0.3) is 0 Å². The molecule has 4 nitrogen and oxygen atoms in total. The number of halogens is 3. The molecule has 0 saturated carbocycles.